The Morgan fingerprint density at radius 2 is 1.82 bits per heavy atom. The largest absolute Gasteiger partial charge is 0.496 e. The molecule has 1 heterocycles. The van der Waals surface area contributed by atoms with Crippen molar-refractivity contribution in [1.29, 1.82) is 0 Å². The Bertz CT molecular complexity index is 1550. The fourth-order valence-corrected chi connectivity index (χ4v) is 4.82. The van der Waals surface area contributed by atoms with Crippen molar-refractivity contribution in [1.82, 2.24) is 10.6 Å². The Labute approximate surface area is 241 Å². The number of methoxy groups -OCH3 is 1. The summed E-state index contributed by atoms with van der Waals surface area (Å²) >= 11 is 3.52. The number of carbonyl (C=O) groups excluding carboxylic acids is 3. The lowest BCUT2D eigenvalue weighted by atomic mass is 10.0. The molecule has 0 fully saturated rings. The van der Waals surface area contributed by atoms with E-state index in [1.807, 2.05) is 30.3 Å². The van der Waals surface area contributed by atoms with Crippen LogP contribution in [0.1, 0.15) is 28.8 Å². The fourth-order valence-electron chi connectivity index (χ4n) is 4.44. The zero-order valence-corrected chi connectivity index (χ0v) is 24.3. The van der Waals surface area contributed by atoms with E-state index in [0.29, 0.717) is 22.9 Å². The average molecular weight is 608 g/mol. The number of halogens is 1. The van der Waals surface area contributed by atoms with Crippen LogP contribution in [0.5, 0.6) is 5.75 Å². The number of carbonyl (C=O) groups is 3. The van der Waals surface area contributed by atoms with E-state index in [0.717, 1.165) is 20.8 Å². The van der Waals surface area contributed by atoms with E-state index in [1.54, 1.807) is 69.3 Å². The van der Waals surface area contributed by atoms with Crippen LogP contribution in [0.15, 0.2) is 75.6 Å². The van der Waals surface area contributed by atoms with Crippen LogP contribution >= 0.6 is 15.9 Å². The van der Waals surface area contributed by atoms with E-state index >= 15 is 0 Å². The second-order valence-electron chi connectivity index (χ2n) is 9.24. The average Bonchev–Trinajstić information content (AvgIpc) is 3.38. The molecule has 3 aromatic carbocycles. The molecule has 0 saturated heterocycles. The summed E-state index contributed by atoms with van der Waals surface area (Å²) in [5.41, 5.74) is 1.64. The highest BCUT2D eigenvalue weighted by Crippen LogP contribution is 2.35. The SMILES string of the molecule is CNCC(=O)NC(C)C(=O)N(Cc1c(OC)ccc2cc(Br)ccc12)c1ccccc1NC(=O)c1ccc(C)o1. The molecule has 4 aromatic rings. The first-order valence-electron chi connectivity index (χ1n) is 12.7. The number of ether oxygens (including phenoxy) is 1. The molecule has 3 amide bonds. The van der Waals surface area contributed by atoms with Gasteiger partial charge in [-0.15, -0.1) is 0 Å². The molecule has 0 spiro atoms. The van der Waals surface area contributed by atoms with Gasteiger partial charge >= 0.3 is 0 Å². The van der Waals surface area contributed by atoms with Gasteiger partial charge in [-0.3, -0.25) is 14.4 Å². The zero-order chi connectivity index (χ0) is 28.8. The Hall–Kier alpha value is -4.15. The molecule has 3 N–H and O–H groups in total. The van der Waals surface area contributed by atoms with Gasteiger partial charge in [0.25, 0.3) is 5.91 Å². The number of rotatable bonds is 10. The normalized spacial score (nSPS) is 11.6. The summed E-state index contributed by atoms with van der Waals surface area (Å²) in [5, 5.41) is 10.3. The lowest BCUT2D eigenvalue weighted by molar-refractivity contribution is -0.126. The summed E-state index contributed by atoms with van der Waals surface area (Å²) in [4.78, 5) is 40.9. The smallest absolute Gasteiger partial charge is 0.291 e. The van der Waals surface area contributed by atoms with E-state index in [9.17, 15) is 14.4 Å². The van der Waals surface area contributed by atoms with E-state index in [-0.39, 0.29) is 30.7 Å². The summed E-state index contributed by atoms with van der Waals surface area (Å²) in [7, 11) is 3.23. The molecule has 0 aliphatic heterocycles. The molecule has 4 rings (SSSR count). The number of aryl methyl sites for hydroxylation is 1. The van der Waals surface area contributed by atoms with Gasteiger partial charge in [0.15, 0.2) is 5.76 Å². The van der Waals surface area contributed by atoms with Crippen LogP contribution < -0.4 is 25.6 Å². The van der Waals surface area contributed by atoms with Crippen molar-refractivity contribution in [2.24, 2.45) is 0 Å². The zero-order valence-electron chi connectivity index (χ0n) is 22.7. The molecule has 40 heavy (non-hydrogen) atoms. The van der Waals surface area contributed by atoms with Gasteiger partial charge in [0.05, 0.1) is 31.6 Å². The minimum Gasteiger partial charge on any atom is -0.496 e. The number of fused-ring (bicyclic) bond motifs is 1. The summed E-state index contributed by atoms with van der Waals surface area (Å²) < 4.78 is 12.1. The molecule has 0 radical (unpaired) electrons. The molecular formula is C30H31BrN4O5. The lowest BCUT2D eigenvalue weighted by Gasteiger charge is -2.29. The van der Waals surface area contributed by atoms with Gasteiger partial charge in [0, 0.05) is 10.0 Å². The maximum atomic E-state index is 14.0. The first kappa shape index (κ1) is 28.8. The van der Waals surface area contributed by atoms with Gasteiger partial charge in [-0.1, -0.05) is 40.2 Å². The minimum atomic E-state index is -0.854. The number of amides is 3. The Morgan fingerprint density at radius 3 is 2.52 bits per heavy atom. The van der Waals surface area contributed by atoms with Crippen molar-refractivity contribution in [2.45, 2.75) is 26.4 Å². The summed E-state index contributed by atoms with van der Waals surface area (Å²) in [6.45, 7) is 3.57. The Morgan fingerprint density at radius 1 is 1.05 bits per heavy atom. The number of benzene rings is 3. The van der Waals surface area contributed by atoms with Gasteiger partial charge in [-0.25, -0.2) is 0 Å². The van der Waals surface area contributed by atoms with Gasteiger partial charge in [0.2, 0.25) is 11.8 Å². The molecule has 1 unspecified atom stereocenters. The van der Waals surface area contributed by atoms with Crippen LogP contribution in [-0.4, -0.2) is 44.5 Å². The highest BCUT2D eigenvalue weighted by molar-refractivity contribution is 9.10. The number of likely N-dealkylation sites (N-methyl/N-ethyl adjacent to an activating group) is 1. The van der Waals surface area contributed by atoms with Gasteiger partial charge in [-0.05, 0) is 74.1 Å². The first-order chi connectivity index (χ1) is 19.2. The Balaban J connectivity index is 1.79. The highest BCUT2D eigenvalue weighted by atomic mass is 79.9. The maximum absolute atomic E-state index is 14.0. The minimum absolute atomic E-state index is 0.0683. The topological polar surface area (TPSA) is 113 Å². The van der Waals surface area contributed by atoms with Crippen LogP contribution in [0.4, 0.5) is 11.4 Å². The predicted molar refractivity (Wildman–Crippen MR) is 159 cm³/mol. The maximum Gasteiger partial charge on any atom is 0.291 e. The van der Waals surface area contributed by atoms with Crippen molar-refractivity contribution in [3.8, 4) is 5.75 Å². The van der Waals surface area contributed by atoms with Crippen molar-refractivity contribution in [3.63, 3.8) is 0 Å². The van der Waals surface area contributed by atoms with Crippen LogP contribution in [0.3, 0.4) is 0 Å². The monoisotopic (exact) mass is 606 g/mol. The van der Waals surface area contributed by atoms with E-state index in [1.165, 1.54) is 0 Å². The predicted octanol–water partition coefficient (Wildman–Crippen LogP) is 5.02. The molecule has 0 aliphatic rings. The number of nitrogens with zero attached hydrogens (tertiary/aromatic N) is 1. The van der Waals surface area contributed by atoms with Crippen molar-refractivity contribution in [2.75, 3.05) is 30.9 Å². The number of hydrogen-bond donors (Lipinski definition) is 3. The molecule has 208 valence electrons. The van der Waals surface area contributed by atoms with Crippen LogP contribution in [0.2, 0.25) is 0 Å². The summed E-state index contributed by atoms with van der Waals surface area (Å²) in [5.74, 6) is 0.236. The second kappa shape index (κ2) is 12.8. The highest BCUT2D eigenvalue weighted by Gasteiger charge is 2.28. The third kappa shape index (κ3) is 6.52. The standard InChI is InChI=1S/C30H31BrN4O5/c1-18-9-13-27(40-18)29(37)34-24-7-5-6-8-25(24)35(30(38)19(2)33-28(36)16-32-3)17-23-22-12-11-21(31)15-20(22)10-14-26(23)39-4/h5-15,19,32H,16-17H2,1-4H3,(H,33,36)(H,34,37). The van der Waals surface area contributed by atoms with Crippen molar-refractivity contribution in [3.05, 3.63) is 88.3 Å². The molecule has 1 atom stereocenters. The molecule has 0 aliphatic carbocycles. The van der Waals surface area contributed by atoms with E-state index in [4.69, 9.17) is 9.15 Å². The van der Waals surface area contributed by atoms with Crippen molar-refractivity contribution >= 4 is 55.8 Å². The third-order valence-corrected chi connectivity index (χ3v) is 6.84. The van der Waals surface area contributed by atoms with Crippen LogP contribution in [0.25, 0.3) is 10.8 Å². The molecule has 0 bridgehead atoms. The number of para-hydroxylation sites is 2. The Kier molecular flexibility index (Phi) is 9.23. The van der Waals surface area contributed by atoms with Crippen molar-refractivity contribution < 1.29 is 23.5 Å². The first-order valence-corrected chi connectivity index (χ1v) is 13.5. The quantitative estimate of drug-likeness (QED) is 0.234. The van der Waals surface area contributed by atoms with Gasteiger partial charge in [-0.2, -0.15) is 0 Å². The number of furan rings is 1. The number of nitrogens with one attached hydrogen (secondary N) is 3. The lowest BCUT2D eigenvalue weighted by Crippen LogP contribution is -2.48. The number of hydrogen-bond acceptors (Lipinski definition) is 6. The summed E-state index contributed by atoms with van der Waals surface area (Å²) in [6.07, 6.45) is 0. The molecular weight excluding hydrogens is 576 g/mol. The molecule has 1 aromatic heterocycles. The van der Waals surface area contributed by atoms with Gasteiger partial charge in [0.1, 0.15) is 17.6 Å². The second-order valence-corrected chi connectivity index (χ2v) is 10.2. The summed E-state index contributed by atoms with van der Waals surface area (Å²) in [6, 6.07) is 19.1. The molecule has 9 nitrogen and oxygen atoms in total. The van der Waals surface area contributed by atoms with E-state index < -0.39 is 11.9 Å². The van der Waals surface area contributed by atoms with E-state index in [2.05, 4.69) is 31.9 Å². The van der Waals surface area contributed by atoms with Crippen LogP contribution in [-0.2, 0) is 16.1 Å². The molecule has 0 saturated carbocycles. The fraction of sp³-hybridized carbons (Fsp3) is 0.233. The van der Waals surface area contributed by atoms with Gasteiger partial charge < -0.3 is 30.0 Å². The number of anilines is 2. The van der Waals surface area contributed by atoms with Crippen LogP contribution in [0, 0.1) is 6.92 Å². The molecule has 10 heteroatoms. The third-order valence-electron chi connectivity index (χ3n) is 6.35.